The number of nitrogens with zero attached hydrogens (tertiary/aromatic N) is 1. The van der Waals surface area contributed by atoms with Gasteiger partial charge in [0.15, 0.2) is 0 Å². The van der Waals surface area contributed by atoms with E-state index in [1.165, 1.54) is 24.3 Å². The summed E-state index contributed by atoms with van der Waals surface area (Å²) in [6.45, 7) is 0. The molecule has 0 saturated carbocycles. The van der Waals surface area contributed by atoms with Crippen molar-refractivity contribution in [1.29, 1.82) is 0 Å². The van der Waals surface area contributed by atoms with E-state index < -0.39 is 34.4 Å². The van der Waals surface area contributed by atoms with Crippen molar-refractivity contribution in [2.24, 2.45) is 5.92 Å². The van der Waals surface area contributed by atoms with Gasteiger partial charge in [0.2, 0.25) is 0 Å². The molecule has 2 atom stereocenters. The van der Waals surface area contributed by atoms with Gasteiger partial charge in [-0.25, -0.2) is 0 Å². The third-order valence-corrected chi connectivity index (χ3v) is 6.58. The van der Waals surface area contributed by atoms with Gasteiger partial charge in [-0.1, -0.05) is 103 Å². The Kier molecular flexibility index (Phi) is 7.94. The summed E-state index contributed by atoms with van der Waals surface area (Å²) in [6.07, 6.45) is -0.147. The number of aliphatic carboxylic acids is 2. The molecule has 0 amide bonds. The van der Waals surface area contributed by atoms with E-state index in [1.54, 1.807) is 0 Å². The first-order valence-corrected chi connectivity index (χ1v) is 12.0. The number of carboxylic acid groups (broad SMARTS) is 2. The van der Waals surface area contributed by atoms with Crippen LogP contribution in [0.1, 0.15) is 22.3 Å². The van der Waals surface area contributed by atoms with Crippen molar-refractivity contribution in [3.05, 3.63) is 148 Å². The maximum atomic E-state index is 12.7. The predicted molar refractivity (Wildman–Crippen MR) is 142 cm³/mol. The number of benzene rings is 4. The van der Waals surface area contributed by atoms with E-state index in [9.17, 15) is 29.9 Å². The van der Waals surface area contributed by atoms with Gasteiger partial charge in [-0.15, -0.1) is 0 Å². The van der Waals surface area contributed by atoms with E-state index in [2.05, 4.69) is 5.32 Å². The van der Waals surface area contributed by atoms with E-state index >= 15 is 0 Å². The number of rotatable bonds is 11. The first kappa shape index (κ1) is 26.2. The fourth-order valence-corrected chi connectivity index (χ4v) is 4.74. The maximum Gasteiger partial charge on any atom is 0.321 e. The molecule has 8 nitrogen and oxygen atoms in total. The molecule has 4 aromatic rings. The van der Waals surface area contributed by atoms with Crippen LogP contribution in [0.2, 0.25) is 0 Å². The Balaban J connectivity index is 1.86. The quantitative estimate of drug-likeness (QED) is 0.149. The van der Waals surface area contributed by atoms with Crippen LogP contribution in [-0.2, 0) is 21.5 Å². The second-order valence-electron chi connectivity index (χ2n) is 8.88. The highest BCUT2D eigenvalue weighted by molar-refractivity contribution is 5.83. The lowest BCUT2D eigenvalue weighted by Gasteiger charge is -2.40. The zero-order valence-electron chi connectivity index (χ0n) is 20.3. The molecule has 8 heteroatoms. The van der Waals surface area contributed by atoms with Crippen LogP contribution >= 0.6 is 0 Å². The van der Waals surface area contributed by atoms with E-state index in [1.807, 2.05) is 91.0 Å². The number of hydrogen-bond donors (Lipinski definition) is 3. The third kappa shape index (κ3) is 5.45. The smallest absolute Gasteiger partial charge is 0.321 e. The second-order valence-corrected chi connectivity index (χ2v) is 8.88. The summed E-state index contributed by atoms with van der Waals surface area (Å²) < 4.78 is 0. The molecule has 38 heavy (non-hydrogen) atoms. The van der Waals surface area contributed by atoms with Gasteiger partial charge < -0.3 is 10.2 Å². The monoisotopic (exact) mass is 510 g/mol. The minimum absolute atomic E-state index is 0.134. The van der Waals surface area contributed by atoms with Crippen molar-refractivity contribution in [2.45, 2.75) is 18.0 Å². The molecule has 0 saturated heterocycles. The number of non-ortho nitro benzene ring substituents is 1. The molecule has 0 aliphatic carbocycles. The predicted octanol–water partition coefficient (Wildman–Crippen LogP) is 4.87. The Morgan fingerprint density at radius 2 is 1.13 bits per heavy atom. The largest absolute Gasteiger partial charge is 0.481 e. The molecule has 1 unspecified atom stereocenters. The summed E-state index contributed by atoms with van der Waals surface area (Å²) in [4.78, 5) is 35.7. The minimum Gasteiger partial charge on any atom is -0.481 e. The van der Waals surface area contributed by atoms with Crippen LogP contribution in [0.5, 0.6) is 0 Å². The lowest BCUT2D eigenvalue weighted by molar-refractivity contribution is -0.384. The van der Waals surface area contributed by atoms with Crippen LogP contribution in [0.4, 0.5) is 5.69 Å². The summed E-state index contributed by atoms with van der Waals surface area (Å²) in [5.74, 6) is -4.01. The van der Waals surface area contributed by atoms with Crippen molar-refractivity contribution in [3.8, 4) is 0 Å². The van der Waals surface area contributed by atoms with Crippen LogP contribution < -0.4 is 5.32 Å². The van der Waals surface area contributed by atoms with E-state index in [0.717, 1.165) is 16.7 Å². The van der Waals surface area contributed by atoms with Crippen LogP contribution in [0.25, 0.3) is 0 Å². The molecule has 3 N–H and O–H groups in total. The molecule has 0 bridgehead atoms. The molecular weight excluding hydrogens is 484 g/mol. The van der Waals surface area contributed by atoms with Crippen molar-refractivity contribution in [3.63, 3.8) is 0 Å². The summed E-state index contributed by atoms with van der Waals surface area (Å²) in [7, 11) is 0. The zero-order chi connectivity index (χ0) is 27.1. The van der Waals surface area contributed by atoms with Crippen molar-refractivity contribution < 1.29 is 24.7 Å². The summed E-state index contributed by atoms with van der Waals surface area (Å²) >= 11 is 0. The summed E-state index contributed by atoms with van der Waals surface area (Å²) in [5, 5.41) is 34.9. The van der Waals surface area contributed by atoms with Gasteiger partial charge in [0.05, 0.1) is 16.4 Å². The van der Waals surface area contributed by atoms with Crippen molar-refractivity contribution in [1.82, 2.24) is 5.32 Å². The SMILES string of the molecule is O=C(O)C(Cc1ccc([N+](=O)[O-])cc1)[C@H](NC(c1ccccc1)(c1ccccc1)c1ccccc1)C(=O)O. The molecule has 0 aromatic heterocycles. The third-order valence-electron chi connectivity index (χ3n) is 6.58. The Bertz CT molecular complexity index is 1300. The average Bonchev–Trinajstić information content (AvgIpc) is 2.94. The van der Waals surface area contributed by atoms with Gasteiger partial charge >= 0.3 is 11.9 Å². The Morgan fingerprint density at radius 3 is 1.47 bits per heavy atom. The Labute approximate surface area is 219 Å². The number of hydrogen-bond acceptors (Lipinski definition) is 5. The zero-order valence-corrected chi connectivity index (χ0v) is 20.3. The van der Waals surface area contributed by atoms with Crippen molar-refractivity contribution in [2.75, 3.05) is 0 Å². The molecule has 0 aliphatic rings. The van der Waals surface area contributed by atoms with Gasteiger partial charge in [0, 0.05) is 12.1 Å². The number of nitrogens with one attached hydrogen (secondary N) is 1. The maximum absolute atomic E-state index is 12.7. The molecule has 0 aliphatic heterocycles. The number of nitro benzene ring substituents is 1. The number of nitro groups is 1. The summed E-state index contributed by atoms with van der Waals surface area (Å²) in [5.41, 5.74) is 1.36. The summed E-state index contributed by atoms with van der Waals surface area (Å²) in [6, 6.07) is 31.8. The standard InChI is InChI=1S/C30H26N2O6/c33-28(34)26(20-21-16-18-25(19-17-21)32(37)38)27(29(35)36)31-30(22-10-4-1-5-11-22,23-12-6-2-7-13-23)24-14-8-3-9-15-24/h1-19,26-27,31H,20H2,(H,33,34)(H,35,36)/t26?,27-/m0/s1. The first-order valence-electron chi connectivity index (χ1n) is 12.0. The van der Waals surface area contributed by atoms with E-state index in [0.29, 0.717) is 5.56 Å². The van der Waals surface area contributed by atoms with Gasteiger partial charge in [0.1, 0.15) is 6.04 Å². The van der Waals surface area contributed by atoms with Crippen LogP contribution in [0, 0.1) is 16.0 Å². The Hall–Kier alpha value is -4.82. The molecule has 0 radical (unpaired) electrons. The molecule has 0 fully saturated rings. The topological polar surface area (TPSA) is 130 Å². The average molecular weight is 511 g/mol. The van der Waals surface area contributed by atoms with Gasteiger partial charge in [-0.3, -0.25) is 25.0 Å². The van der Waals surface area contributed by atoms with Crippen LogP contribution in [-0.4, -0.2) is 33.1 Å². The van der Waals surface area contributed by atoms with Gasteiger partial charge in [0.25, 0.3) is 5.69 Å². The minimum atomic E-state index is -1.52. The Morgan fingerprint density at radius 1 is 0.711 bits per heavy atom. The van der Waals surface area contributed by atoms with Crippen LogP contribution in [0.15, 0.2) is 115 Å². The highest BCUT2D eigenvalue weighted by atomic mass is 16.6. The second kappa shape index (κ2) is 11.5. The normalized spacial score (nSPS) is 12.8. The van der Waals surface area contributed by atoms with Crippen molar-refractivity contribution >= 4 is 17.6 Å². The number of carbonyl (C=O) groups is 2. The molecule has 0 heterocycles. The fourth-order valence-electron chi connectivity index (χ4n) is 4.74. The first-order chi connectivity index (χ1) is 18.3. The number of carboxylic acids is 2. The fraction of sp³-hybridized carbons (Fsp3) is 0.133. The molecular formula is C30H26N2O6. The van der Waals surface area contributed by atoms with Gasteiger partial charge in [-0.2, -0.15) is 0 Å². The van der Waals surface area contributed by atoms with E-state index in [4.69, 9.17) is 0 Å². The van der Waals surface area contributed by atoms with E-state index in [-0.39, 0.29) is 12.1 Å². The molecule has 0 spiro atoms. The van der Waals surface area contributed by atoms with Crippen LogP contribution in [0.3, 0.4) is 0 Å². The van der Waals surface area contributed by atoms with Gasteiger partial charge in [-0.05, 0) is 28.7 Å². The molecule has 4 rings (SSSR count). The molecule has 192 valence electrons. The molecule has 4 aromatic carbocycles. The lowest BCUT2D eigenvalue weighted by atomic mass is 9.75. The lowest BCUT2D eigenvalue weighted by Crippen LogP contribution is -2.57. The highest BCUT2D eigenvalue weighted by Gasteiger charge is 2.44. The highest BCUT2D eigenvalue weighted by Crippen LogP contribution is 2.38.